The number of aromatic nitrogens is 3. The molecule has 0 spiro atoms. The van der Waals surface area contributed by atoms with Crippen molar-refractivity contribution in [1.82, 2.24) is 14.6 Å². The van der Waals surface area contributed by atoms with Crippen LogP contribution in [-0.2, 0) is 5.75 Å². The second kappa shape index (κ2) is 5.75. The van der Waals surface area contributed by atoms with Gasteiger partial charge in [0.05, 0.1) is 16.6 Å². The largest absolute Gasteiger partial charge is 0.334 e. The third-order valence-electron chi connectivity index (χ3n) is 2.91. The predicted octanol–water partition coefficient (Wildman–Crippen LogP) is 2.45. The minimum atomic E-state index is -0.291. The first-order valence-electron chi connectivity index (χ1n) is 6.15. The lowest BCUT2D eigenvalue weighted by atomic mass is 10.2. The maximum atomic E-state index is 12.2. The molecule has 0 fully saturated rings. The van der Waals surface area contributed by atoms with Crippen LogP contribution in [0.25, 0.3) is 10.9 Å². The Kier molecular flexibility index (Phi) is 3.81. The van der Waals surface area contributed by atoms with Crippen LogP contribution in [0.5, 0.6) is 0 Å². The van der Waals surface area contributed by atoms with E-state index < -0.39 is 0 Å². The molecule has 2 aromatic heterocycles. The number of hydrogen-bond acceptors (Lipinski definition) is 5. The average Bonchev–Trinajstić information content (AvgIpc) is 2.50. The summed E-state index contributed by atoms with van der Waals surface area (Å²) in [5.41, 5.74) is 1.14. The Labute approximate surface area is 129 Å². The Balaban J connectivity index is 1.98. The molecule has 21 heavy (non-hydrogen) atoms. The number of halogens is 1. The Hall–Kier alpha value is -2.05. The van der Waals surface area contributed by atoms with Crippen LogP contribution in [0.4, 0.5) is 0 Å². The molecule has 3 aromatic rings. The summed E-state index contributed by atoms with van der Waals surface area (Å²) in [6.45, 7) is 0. The molecule has 0 aliphatic rings. The van der Waals surface area contributed by atoms with Crippen LogP contribution in [-0.4, -0.2) is 14.6 Å². The summed E-state index contributed by atoms with van der Waals surface area (Å²) in [5.74, 6) is 6.40. The van der Waals surface area contributed by atoms with Crippen molar-refractivity contribution in [2.45, 2.75) is 10.9 Å². The fourth-order valence-corrected chi connectivity index (χ4v) is 2.87. The van der Waals surface area contributed by atoms with Crippen molar-refractivity contribution in [2.24, 2.45) is 0 Å². The number of pyridine rings is 1. The third kappa shape index (κ3) is 2.86. The molecule has 2 N–H and O–H groups in total. The van der Waals surface area contributed by atoms with Crippen molar-refractivity contribution < 1.29 is 0 Å². The highest BCUT2D eigenvalue weighted by molar-refractivity contribution is 7.98. The lowest BCUT2D eigenvalue weighted by Gasteiger charge is -2.08. The summed E-state index contributed by atoms with van der Waals surface area (Å²) in [5, 5.41) is 1.41. The van der Waals surface area contributed by atoms with Crippen LogP contribution in [0.3, 0.4) is 0 Å². The zero-order chi connectivity index (χ0) is 14.8. The highest BCUT2D eigenvalue weighted by atomic mass is 35.5. The number of fused-ring (bicyclic) bond motifs is 1. The molecule has 7 heteroatoms. The van der Waals surface area contributed by atoms with Gasteiger partial charge in [0.15, 0.2) is 5.16 Å². The van der Waals surface area contributed by atoms with E-state index in [2.05, 4.69) is 9.97 Å². The van der Waals surface area contributed by atoms with Gasteiger partial charge in [0.1, 0.15) is 0 Å². The Morgan fingerprint density at radius 3 is 2.90 bits per heavy atom. The van der Waals surface area contributed by atoms with Gasteiger partial charge in [0, 0.05) is 17.0 Å². The van der Waals surface area contributed by atoms with Gasteiger partial charge in [-0.2, -0.15) is 0 Å². The van der Waals surface area contributed by atoms with Crippen LogP contribution < -0.4 is 11.4 Å². The van der Waals surface area contributed by atoms with E-state index in [0.717, 1.165) is 10.4 Å². The van der Waals surface area contributed by atoms with Crippen molar-refractivity contribution in [1.29, 1.82) is 0 Å². The molecule has 3 rings (SSSR count). The van der Waals surface area contributed by atoms with Crippen molar-refractivity contribution in [2.75, 3.05) is 5.84 Å². The maximum absolute atomic E-state index is 12.2. The number of nitrogen functional groups attached to an aromatic ring is 1. The lowest BCUT2D eigenvalue weighted by Crippen LogP contribution is -2.29. The van der Waals surface area contributed by atoms with Gasteiger partial charge in [0.25, 0.3) is 5.56 Å². The van der Waals surface area contributed by atoms with Crippen molar-refractivity contribution in [3.63, 3.8) is 0 Å². The van der Waals surface area contributed by atoms with Gasteiger partial charge in [-0.15, -0.1) is 0 Å². The Morgan fingerprint density at radius 2 is 2.14 bits per heavy atom. The Bertz CT molecular complexity index is 851. The molecule has 5 nitrogen and oxygen atoms in total. The van der Waals surface area contributed by atoms with E-state index in [1.54, 1.807) is 24.4 Å². The smallest absolute Gasteiger partial charge is 0.280 e. The van der Waals surface area contributed by atoms with Crippen LogP contribution in [0.2, 0.25) is 5.02 Å². The standard InChI is InChI=1S/C14H11ClN4OS/c15-9-4-5-11-12(7-9)18-14(19(16)13(11)20)21-8-10-3-1-2-6-17-10/h1-7H,8,16H2. The zero-order valence-electron chi connectivity index (χ0n) is 10.9. The van der Waals surface area contributed by atoms with Crippen LogP contribution in [0.1, 0.15) is 5.69 Å². The van der Waals surface area contributed by atoms with Gasteiger partial charge in [0.2, 0.25) is 0 Å². The van der Waals surface area contributed by atoms with Gasteiger partial charge in [-0.3, -0.25) is 9.78 Å². The van der Waals surface area contributed by atoms with Crippen LogP contribution >= 0.6 is 23.4 Å². The maximum Gasteiger partial charge on any atom is 0.280 e. The van der Waals surface area contributed by atoms with E-state index in [-0.39, 0.29) is 5.56 Å². The Morgan fingerprint density at radius 1 is 1.29 bits per heavy atom. The fourth-order valence-electron chi connectivity index (χ4n) is 1.88. The summed E-state index contributed by atoms with van der Waals surface area (Å²) >= 11 is 7.30. The average molecular weight is 319 g/mol. The van der Waals surface area contributed by atoms with Gasteiger partial charge < -0.3 is 5.84 Å². The van der Waals surface area contributed by atoms with Gasteiger partial charge >= 0.3 is 0 Å². The highest BCUT2D eigenvalue weighted by Crippen LogP contribution is 2.21. The molecule has 0 atom stereocenters. The summed E-state index contributed by atoms with van der Waals surface area (Å²) < 4.78 is 1.06. The SMILES string of the molecule is Nn1c(SCc2ccccn2)nc2cc(Cl)ccc2c1=O. The molecule has 0 bridgehead atoms. The fraction of sp³-hybridized carbons (Fsp3) is 0.0714. The second-order valence-corrected chi connectivity index (χ2v) is 5.72. The molecular formula is C14H11ClN4OS. The first-order valence-corrected chi connectivity index (χ1v) is 7.51. The van der Waals surface area contributed by atoms with E-state index in [0.29, 0.717) is 26.8 Å². The molecular weight excluding hydrogens is 308 g/mol. The predicted molar refractivity (Wildman–Crippen MR) is 85.0 cm³/mol. The topological polar surface area (TPSA) is 73.8 Å². The van der Waals surface area contributed by atoms with Crippen molar-refractivity contribution >= 4 is 34.3 Å². The van der Waals surface area contributed by atoms with E-state index in [9.17, 15) is 4.79 Å². The van der Waals surface area contributed by atoms with Gasteiger partial charge in [-0.25, -0.2) is 9.66 Å². The second-order valence-electron chi connectivity index (χ2n) is 4.34. The molecule has 2 heterocycles. The molecule has 0 saturated heterocycles. The summed E-state index contributed by atoms with van der Waals surface area (Å²) in [6.07, 6.45) is 1.72. The molecule has 0 amide bonds. The van der Waals surface area contributed by atoms with Crippen molar-refractivity contribution in [3.05, 3.63) is 63.7 Å². The monoisotopic (exact) mass is 318 g/mol. The summed E-state index contributed by atoms with van der Waals surface area (Å²) in [7, 11) is 0. The minimum Gasteiger partial charge on any atom is -0.334 e. The van der Waals surface area contributed by atoms with E-state index in [4.69, 9.17) is 17.4 Å². The summed E-state index contributed by atoms with van der Waals surface area (Å²) in [6, 6.07) is 10.6. The minimum absolute atomic E-state index is 0.291. The van der Waals surface area contributed by atoms with E-state index in [1.165, 1.54) is 11.8 Å². The molecule has 0 aliphatic heterocycles. The van der Waals surface area contributed by atoms with Gasteiger partial charge in [-0.05, 0) is 30.3 Å². The van der Waals surface area contributed by atoms with E-state index >= 15 is 0 Å². The number of nitrogens with zero attached hydrogens (tertiary/aromatic N) is 3. The lowest BCUT2D eigenvalue weighted by molar-refractivity contribution is 0.779. The van der Waals surface area contributed by atoms with E-state index in [1.807, 2.05) is 18.2 Å². The van der Waals surface area contributed by atoms with Gasteiger partial charge in [-0.1, -0.05) is 29.4 Å². The highest BCUT2D eigenvalue weighted by Gasteiger charge is 2.10. The molecule has 0 aliphatic carbocycles. The normalized spacial score (nSPS) is 10.9. The van der Waals surface area contributed by atoms with Crippen molar-refractivity contribution in [3.8, 4) is 0 Å². The molecule has 0 saturated carbocycles. The zero-order valence-corrected chi connectivity index (χ0v) is 12.4. The first-order chi connectivity index (χ1) is 10.1. The molecule has 0 radical (unpaired) electrons. The third-order valence-corrected chi connectivity index (χ3v) is 4.13. The summed E-state index contributed by atoms with van der Waals surface area (Å²) in [4.78, 5) is 20.8. The number of rotatable bonds is 3. The van der Waals surface area contributed by atoms with Crippen LogP contribution in [0, 0.1) is 0 Å². The number of benzene rings is 1. The number of hydrogen-bond donors (Lipinski definition) is 1. The molecule has 0 unspecified atom stereocenters. The quantitative estimate of drug-likeness (QED) is 0.456. The molecule has 106 valence electrons. The first kappa shape index (κ1) is 13.9. The molecule has 1 aromatic carbocycles. The van der Waals surface area contributed by atoms with Crippen LogP contribution in [0.15, 0.2) is 52.5 Å². The number of thioether (sulfide) groups is 1. The number of nitrogens with two attached hydrogens (primary N) is 1.